The highest BCUT2D eigenvalue weighted by Crippen LogP contribution is 2.04. The molecule has 0 bridgehead atoms. The highest BCUT2D eigenvalue weighted by Gasteiger charge is 2.06. The van der Waals surface area contributed by atoms with E-state index in [0.717, 1.165) is 6.07 Å². The molecule has 0 radical (unpaired) electrons. The van der Waals surface area contributed by atoms with Crippen LogP contribution in [0.15, 0.2) is 48.6 Å². The largest absolute Gasteiger partial charge is 0.478 e. The van der Waals surface area contributed by atoms with Crippen molar-refractivity contribution in [1.29, 1.82) is 0 Å². The highest BCUT2D eigenvalue weighted by molar-refractivity contribution is 7.85. The SMILES string of the molecule is C=C(C)C(=O)O.C=C(C)C(=O)O.CCCS(=O)(=O)O.O=C(O)c1cccc(C(=O)O)c1.OCCO. The Hall–Kier alpha value is -3.59. The fraction of sp³-hybridized carbons (Fsp3) is 0.333. The molecular formula is C21H32O13S. The summed E-state index contributed by atoms with van der Waals surface area (Å²) in [4.78, 5) is 40.0. The lowest BCUT2D eigenvalue weighted by Gasteiger charge is -1.95. The number of carboxylic acids is 4. The smallest absolute Gasteiger partial charge is 0.335 e. The van der Waals surface area contributed by atoms with Gasteiger partial charge in [0.15, 0.2) is 0 Å². The van der Waals surface area contributed by atoms with Crippen LogP contribution in [0.3, 0.4) is 0 Å². The molecule has 0 saturated heterocycles. The number of benzene rings is 1. The molecule has 0 heterocycles. The summed E-state index contributed by atoms with van der Waals surface area (Å²) in [6.07, 6.45) is 0.471. The lowest BCUT2D eigenvalue weighted by Crippen LogP contribution is -2.01. The van der Waals surface area contributed by atoms with Crippen LogP contribution >= 0.6 is 0 Å². The third kappa shape index (κ3) is 32.7. The summed E-state index contributed by atoms with van der Waals surface area (Å²) in [5, 5.41) is 48.0. The van der Waals surface area contributed by atoms with Crippen LogP contribution in [0.2, 0.25) is 0 Å². The first-order valence-electron chi connectivity index (χ1n) is 9.38. The zero-order valence-electron chi connectivity index (χ0n) is 19.5. The molecule has 0 atom stereocenters. The van der Waals surface area contributed by atoms with Crippen LogP contribution in [0.5, 0.6) is 0 Å². The second kappa shape index (κ2) is 22.2. The van der Waals surface area contributed by atoms with Gasteiger partial charge in [0.05, 0.1) is 30.1 Å². The van der Waals surface area contributed by atoms with Crippen molar-refractivity contribution in [3.05, 3.63) is 59.7 Å². The molecule has 35 heavy (non-hydrogen) atoms. The lowest BCUT2D eigenvalue weighted by atomic mass is 10.1. The first-order chi connectivity index (χ1) is 15.9. The average molecular weight is 525 g/mol. The number of carbonyl (C=O) groups is 4. The summed E-state index contributed by atoms with van der Waals surface area (Å²) in [5.41, 5.74) is 0.315. The Bertz CT molecular complexity index is 855. The van der Waals surface area contributed by atoms with Crippen LogP contribution in [0.25, 0.3) is 0 Å². The van der Waals surface area contributed by atoms with Crippen molar-refractivity contribution in [3.63, 3.8) is 0 Å². The van der Waals surface area contributed by atoms with E-state index in [-0.39, 0.29) is 41.2 Å². The van der Waals surface area contributed by atoms with Crippen molar-refractivity contribution < 1.29 is 62.8 Å². The van der Waals surface area contributed by atoms with Crippen LogP contribution in [0.1, 0.15) is 47.9 Å². The van der Waals surface area contributed by atoms with Gasteiger partial charge < -0.3 is 30.6 Å². The molecule has 0 fully saturated rings. The maximum atomic E-state index is 10.4. The van der Waals surface area contributed by atoms with Crippen LogP contribution in [0.4, 0.5) is 0 Å². The van der Waals surface area contributed by atoms with Gasteiger partial charge in [0, 0.05) is 11.1 Å². The van der Waals surface area contributed by atoms with E-state index in [9.17, 15) is 27.6 Å². The van der Waals surface area contributed by atoms with E-state index in [1.165, 1.54) is 32.0 Å². The Morgan fingerprint density at radius 3 is 1.20 bits per heavy atom. The Morgan fingerprint density at radius 2 is 1.09 bits per heavy atom. The molecule has 0 aromatic heterocycles. The molecule has 0 saturated carbocycles. The molecular weight excluding hydrogens is 492 g/mol. The maximum absolute atomic E-state index is 10.4. The van der Waals surface area contributed by atoms with Crippen molar-refractivity contribution in [2.45, 2.75) is 27.2 Å². The van der Waals surface area contributed by atoms with Crippen LogP contribution < -0.4 is 0 Å². The number of carboxylic acid groups (broad SMARTS) is 4. The Labute approximate surface area is 203 Å². The molecule has 1 rings (SSSR count). The summed E-state index contributed by atoms with van der Waals surface area (Å²) >= 11 is 0. The minimum atomic E-state index is -3.67. The minimum Gasteiger partial charge on any atom is -0.478 e. The zero-order valence-corrected chi connectivity index (χ0v) is 20.4. The van der Waals surface area contributed by atoms with Gasteiger partial charge in [-0.2, -0.15) is 8.42 Å². The first kappa shape index (κ1) is 38.7. The van der Waals surface area contributed by atoms with Crippen molar-refractivity contribution in [1.82, 2.24) is 0 Å². The van der Waals surface area contributed by atoms with Crippen molar-refractivity contribution in [2.24, 2.45) is 0 Å². The van der Waals surface area contributed by atoms with Crippen molar-refractivity contribution >= 4 is 34.0 Å². The predicted molar refractivity (Wildman–Crippen MR) is 126 cm³/mol. The summed E-state index contributed by atoms with van der Waals surface area (Å²) in [5.74, 6) is -4.26. The Balaban J connectivity index is -0.000000183. The standard InChI is InChI=1S/C8H6O4.2C4H6O2.C3H8O3S.C2H6O2/c9-7(10)5-2-1-3-6(4-5)8(11)12;2*1-3(2)4(5)6;1-2-3-7(4,5)6;3-1-2-4/h1-4H,(H,9,10)(H,11,12);2*1H2,2H3,(H,5,6);2-3H2,1H3,(H,4,5,6);3-4H,1-2H2. The fourth-order valence-electron chi connectivity index (χ4n) is 1.04. The lowest BCUT2D eigenvalue weighted by molar-refractivity contribution is -0.133. The van der Waals surface area contributed by atoms with E-state index < -0.39 is 34.0 Å². The quantitative estimate of drug-likeness (QED) is 0.198. The molecule has 0 spiro atoms. The van der Waals surface area contributed by atoms with E-state index in [2.05, 4.69) is 13.2 Å². The zero-order chi connectivity index (χ0) is 28.8. The molecule has 200 valence electrons. The van der Waals surface area contributed by atoms with Gasteiger partial charge >= 0.3 is 23.9 Å². The summed E-state index contributed by atoms with van der Waals surface area (Å²) in [7, 11) is -3.67. The van der Waals surface area contributed by atoms with E-state index >= 15 is 0 Å². The Kier molecular flexibility index (Phi) is 24.5. The molecule has 0 unspecified atom stereocenters. The number of aliphatic hydroxyl groups is 2. The third-order valence-electron chi connectivity index (χ3n) is 2.65. The molecule has 14 heteroatoms. The van der Waals surface area contributed by atoms with Gasteiger partial charge in [0.25, 0.3) is 10.1 Å². The molecule has 0 aliphatic carbocycles. The normalized spacial score (nSPS) is 8.97. The van der Waals surface area contributed by atoms with E-state index in [4.69, 9.17) is 35.2 Å². The number of aromatic carboxylic acids is 2. The number of aliphatic hydroxyl groups excluding tert-OH is 2. The van der Waals surface area contributed by atoms with Gasteiger partial charge in [-0.3, -0.25) is 4.55 Å². The summed E-state index contributed by atoms with van der Waals surface area (Å²) in [6.45, 7) is 10.6. The summed E-state index contributed by atoms with van der Waals surface area (Å²) < 4.78 is 27.6. The minimum absolute atomic E-state index is 0.0186. The fourth-order valence-corrected chi connectivity index (χ4v) is 1.56. The first-order valence-corrected chi connectivity index (χ1v) is 11.0. The van der Waals surface area contributed by atoms with E-state index in [0.29, 0.717) is 6.42 Å². The number of hydrogen-bond acceptors (Lipinski definition) is 8. The molecule has 1 aromatic rings. The topological polar surface area (TPSA) is 244 Å². The van der Waals surface area contributed by atoms with Crippen LogP contribution in [0, 0.1) is 0 Å². The molecule has 7 N–H and O–H groups in total. The molecule has 0 aliphatic rings. The van der Waals surface area contributed by atoms with Crippen molar-refractivity contribution in [2.75, 3.05) is 19.0 Å². The highest BCUT2D eigenvalue weighted by atomic mass is 32.2. The Morgan fingerprint density at radius 1 is 0.800 bits per heavy atom. The average Bonchev–Trinajstić information content (AvgIpc) is 2.74. The van der Waals surface area contributed by atoms with Gasteiger partial charge in [0.2, 0.25) is 0 Å². The van der Waals surface area contributed by atoms with Gasteiger partial charge in [-0.15, -0.1) is 0 Å². The van der Waals surface area contributed by atoms with Crippen LogP contribution in [-0.4, -0.2) is 86.5 Å². The molecule has 1 aromatic carbocycles. The molecule has 13 nitrogen and oxygen atoms in total. The second-order valence-electron chi connectivity index (χ2n) is 6.10. The van der Waals surface area contributed by atoms with Crippen molar-refractivity contribution in [3.8, 4) is 0 Å². The third-order valence-corrected chi connectivity index (χ3v) is 3.57. The summed E-state index contributed by atoms with van der Waals surface area (Å²) in [6, 6.07) is 5.20. The van der Waals surface area contributed by atoms with Gasteiger partial charge in [-0.1, -0.05) is 26.1 Å². The predicted octanol–water partition coefficient (Wildman–Crippen LogP) is 1.63. The monoisotopic (exact) mass is 524 g/mol. The number of aliphatic carboxylic acids is 2. The molecule has 0 amide bonds. The second-order valence-corrected chi connectivity index (χ2v) is 7.67. The molecule has 0 aliphatic heterocycles. The van der Waals surface area contributed by atoms with Gasteiger partial charge in [-0.05, 0) is 38.5 Å². The number of rotatable bonds is 7. The number of hydrogen-bond donors (Lipinski definition) is 7. The maximum Gasteiger partial charge on any atom is 0.335 e. The van der Waals surface area contributed by atoms with Gasteiger partial charge in [0.1, 0.15) is 0 Å². The van der Waals surface area contributed by atoms with E-state index in [1.807, 2.05) is 0 Å². The van der Waals surface area contributed by atoms with Crippen LogP contribution in [-0.2, 0) is 19.7 Å². The van der Waals surface area contributed by atoms with Gasteiger partial charge in [-0.25, -0.2) is 19.2 Å². The van der Waals surface area contributed by atoms with E-state index in [1.54, 1.807) is 6.92 Å².